The normalized spacial score (nSPS) is 26.2. The standard InChI is InChI=1S/C44H52N6O12S2/c1-42(2,3)62-41(54)45-34-27-48(64(59,60)37-17-11-10-16-35(37)50(55)56)24-12-6-9-15-32-25-44(32,40(53)47-63(57,58)33-22-23-33)46-38(51)36-26-43(61-4,28-49(36)39(34)52)31-20-18-30(19-21-31)29-13-7-5-8-14-29/h5,7-11,13-21,32-34,36H,6,12,22-28H2,1-4H3,(H,45,54)(H,46,51)(H,47,53)/b15-9-/t32-,34+,36+,43+,44-/m1/s1. The van der Waals surface area contributed by atoms with Crippen LogP contribution in [0.5, 0.6) is 0 Å². The van der Waals surface area contributed by atoms with Gasteiger partial charge in [0.2, 0.25) is 31.9 Å². The lowest BCUT2D eigenvalue weighted by molar-refractivity contribution is -0.387. The molecule has 64 heavy (non-hydrogen) atoms. The van der Waals surface area contributed by atoms with E-state index in [0.717, 1.165) is 32.5 Å². The third-order valence-electron chi connectivity index (χ3n) is 12.0. The van der Waals surface area contributed by atoms with Gasteiger partial charge in [0.05, 0.1) is 16.7 Å². The first-order chi connectivity index (χ1) is 30.2. The molecule has 7 rings (SSSR count). The van der Waals surface area contributed by atoms with Crippen molar-refractivity contribution in [2.45, 2.75) is 98.3 Å². The summed E-state index contributed by atoms with van der Waals surface area (Å²) in [6.07, 6.45) is 3.18. The van der Waals surface area contributed by atoms with Gasteiger partial charge in [0.25, 0.3) is 11.6 Å². The molecule has 342 valence electrons. The fourth-order valence-electron chi connectivity index (χ4n) is 8.34. The highest BCUT2D eigenvalue weighted by Crippen LogP contribution is 2.47. The lowest BCUT2D eigenvalue weighted by Crippen LogP contribution is -2.60. The summed E-state index contributed by atoms with van der Waals surface area (Å²) in [6, 6.07) is 18.5. The van der Waals surface area contributed by atoms with Crippen LogP contribution >= 0.6 is 0 Å². The molecule has 0 bridgehead atoms. The number of methoxy groups -OCH3 is 1. The molecule has 2 aliphatic heterocycles. The number of hydrogen-bond donors (Lipinski definition) is 3. The number of para-hydroxylation sites is 1. The zero-order valence-corrected chi connectivity index (χ0v) is 37.5. The summed E-state index contributed by atoms with van der Waals surface area (Å²) >= 11 is 0. The molecule has 2 heterocycles. The predicted molar refractivity (Wildman–Crippen MR) is 233 cm³/mol. The summed E-state index contributed by atoms with van der Waals surface area (Å²) in [5.41, 5.74) is -2.47. The Labute approximate surface area is 372 Å². The number of carbonyl (C=O) groups is 4. The van der Waals surface area contributed by atoms with Crippen molar-refractivity contribution in [3.8, 4) is 11.1 Å². The van der Waals surface area contributed by atoms with Gasteiger partial charge in [-0.25, -0.2) is 21.6 Å². The lowest BCUT2D eigenvalue weighted by Gasteiger charge is -2.33. The van der Waals surface area contributed by atoms with E-state index in [-0.39, 0.29) is 38.8 Å². The average Bonchev–Trinajstić information content (AvgIpc) is 4.18. The van der Waals surface area contributed by atoms with Gasteiger partial charge < -0.3 is 25.0 Å². The summed E-state index contributed by atoms with van der Waals surface area (Å²) < 4.78 is 69.9. The van der Waals surface area contributed by atoms with Gasteiger partial charge in [-0.1, -0.05) is 78.9 Å². The van der Waals surface area contributed by atoms with Crippen molar-refractivity contribution in [3.05, 3.63) is 107 Å². The molecule has 4 amide bonds. The van der Waals surface area contributed by atoms with Gasteiger partial charge in [0, 0.05) is 38.6 Å². The Kier molecular flexibility index (Phi) is 12.8. The SMILES string of the molecule is CO[C@@]1(c2ccc(-c3ccccc3)cc2)C[C@H]2C(=O)N[C@]3(C(=O)NS(=O)(=O)C4CC4)C[C@H]3/C=C\CCCN(S(=O)(=O)c3ccccc3[N+](=O)[O-])C[C@H](NC(=O)OC(C)(C)C)C(=O)N2C1. The van der Waals surface area contributed by atoms with Gasteiger partial charge in [-0.2, -0.15) is 4.31 Å². The molecule has 0 radical (unpaired) electrons. The van der Waals surface area contributed by atoms with Crippen LogP contribution in [0.15, 0.2) is 95.9 Å². The largest absolute Gasteiger partial charge is 0.444 e. The molecule has 20 heteroatoms. The zero-order valence-electron chi connectivity index (χ0n) is 35.9. The van der Waals surface area contributed by atoms with Crippen LogP contribution in [-0.2, 0) is 49.5 Å². The van der Waals surface area contributed by atoms with Crippen LogP contribution in [0.4, 0.5) is 10.5 Å². The maximum Gasteiger partial charge on any atom is 0.408 e. The second-order valence-corrected chi connectivity index (χ2v) is 21.5. The molecule has 0 unspecified atom stereocenters. The number of carbonyl (C=O) groups excluding carboxylic acids is 4. The van der Waals surface area contributed by atoms with Crippen molar-refractivity contribution >= 4 is 49.5 Å². The fraction of sp³-hybridized carbons (Fsp3) is 0.455. The Bertz CT molecular complexity index is 2560. The third-order valence-corrected chi connectivity index (χ3v) is 15.7. The van der Waals surface area contributed by atoms with E-state index in [0.29, 0.717) is 18.4 Å². The van der Waals surface area contributed by atoms with Gasteiger partial charge in [0.15, 0.2) is 4.90 Å². The number of nitrogens with one attached hydrogen (secondary N) is 3. The van der Waals surface area contributed by atoms with E-state index in [1.165, 1.54) is 19.2 Å². The first-order valence-corrected chi connectivity index (χ1v) is 24.0. The Morgan fingerprint density at radius 1 is 0.922 bits per heavy atom. The van der Waals surface area contributed by atoms with Gasteiger partial charge in [-0.15, -0.1) is 0 Å². The van der Waals surface area contributed by atoms with Gasteiger partial charge in [-0.3, -0.25) is 29.2 Å². The molecule has 3 aromatic carbocycles. The number of nitro benzene ring substituents is 1. The molecule has 3 N–H and O–H groups in total. The molecule has 4 aliphatic rings. The molecule has 2 saturated carbocycles. The summed E-state index contributed by atoms with van der Waals surface area (Å²) in [6.45, 7) is 3.45. The van der Waals surface area contributed by atoms with Crippen LogP contribution in [0.3, 0.4) is 0 Å². The highest BCUT2D eigenvalue weighted by atomic mass is 32.2. The molecule has 3 aromatic rings. The number of benzene rings is 3. The van der Waals surface area contributed by atoms with Crippen LogP contribution in [0, 0.1) is 16.0 Å². The third kappa shape index (κ3) is 9.69. The second kappa shape index (κ2) is 17.7. The molecule has 3 fully saturated rings. The molecule has 5 atom stereocenters. The average molecular weight is 921 g/mol. The van der Waals surface area contributed by atoms with E-state index >= 15 is 4.79 Å². The minimum absolute atomic E-state index is 0.0271. The zero-order chi connectivity index (χ0) is 46.2. The number of sulfonamides is 2. The number of nitrogens with zero attached hydrogens (tertiary/aromatic N) is 3. The van der Waals surface area contributed by atoms with Gasteiger partial charge in [-0.05, 0) is 75.6 Å². The van der Waals surface area contributed by atoms with E-state index in [4.69, 9.17) is 9.47 Å². The topological polar surface area (TPSA) is 241 Å². The second-order valence-electron chi connectivity index (χ2n) is 17.6. The smallest absolute Gasteiger partial charge is 0.408 e. The minimum Gasteiger partial charge on any atom is -0.444 e. The highest BCUT2D eigenvalue weighted by Gasteiger charge is 2.63. The molecular weight excluding hydrogens is 869 g/mol. The summed E-state index contributed by atoms with van der Waals surface area (Å²) in [5.74, 6) is -3.35. The summed E-state index contributed by atoms with van der Waals surface area (Å²) in [7, 11) is -7.38. The van der Waals surface area contributed by atoms with Crippen molar-refractivity contribution in [1.82, 2.24) is 24.6 Å². The number of fused-ring (bicyclic) bond motifs is 2. The van der Waals surface area contributed by atoms with Crippen molar-refractivity contribution in [2.75, 3.05) is 26.7 Å². The molecule has 1 saturated heterocycles. The number of rotatable bonds is 10. The van der Waals surface area contributed by atoms with Crippen LogP contribution in [0.1, 0.15) is 64.9 Å². The van der Waals surface area contributed by atoms with Crippen LogP contribution in [-0.4, -0.2) is 110 Å². The molecule has 0 spiro atoms. The summed E-state index contributed by atoms with van der Waals surface area (Å²) in [5, 5.41) is 16.7. The molecule has 2 aliphatic carbocycles. The van der Waals surface area contributed by atoms with Crippen molar-refractivity contribution in [2.24, 2.45) is 5.92 Å². The maximum absolute atomic E-state index is 15.3. The number of amides is 4. The number of ether oxygens (including phenoxy) is 2. The molecular formula is C44H52N6O12S2. The van der Waals surface area contributed by atoms with E-state index in [1.807, 2.05) is 42.5 Å². The van der Waals surface area contributed by atoms with E-state index < -0.39 is 106 Å². The van der Waals surface area contributed by atoms with E-state index in [1.54, 1.807) is 45.1 Å². The highest BCUT2D eigenvalue weighted by molar-refractivity contribution is 7.91. The number of hydrogen-bond acceptors (Lipinski definition) is 12. The maximum atomic E-state index is 15.3. The first-order valence-electron chi connectivity index (χ1n) is 21.0. The quantitative estimate of drug-likeness (QED) is 0.148. The van der Waals surface area contributed by atoms with Crippen LogP contribution in [0.2, 0.25) is 0 Å². The van der Waals surface area contributed by atoms with Crippen molar-refractivity contribution in [3.63, 3.8) is 0 Å². The summed E-state index contributed by atoms with van der Waals surface area (Å²) in [4.78, 5) is 69.4. The van der Waals surface area contributed by atoms with Crippen LogP contribution in [0.25, 0.3) is 11.1 Å². The van der Waals surface area contributed by atoms with E-state index in [2.05, 4.69) is 15.4 Å². The number of alkyl carbamates (subject to hydrolysis) is 1. The first kappa shape index (κ1) is 46.3. The van der Waals surface area contributed by atoms with Crippen LogP contribution < -0.4 is 15.4 Å². The minimum atomic E-state index is -4.76. The lowest BCUT2D eigenvalue weighted by atomic mass is 9.89. The van der Waals surface area contributed by atoms with E-state index in [9.17, 15) is 41.3 Å². The Morgan fingerprint density at radius 2 is 1.58 bits per heavy atom. The van der Waals surface area contributed by atoms with Gasteiger partial charge >= 0.3 is 6.09 Å². The molecule has 0 aromatic heterocycles. The number of allylic oxidation sites excluding steroid dienone is 1. The Balaban J connectivity index is 1.33. The Morgan fingerprint density at radius 3 is 2.22 bits per heavy atom. The van der Waals surface area contributed by atoms with Gasteiger partial charge in [0.1, 0.15) is 28.8 Å². The Hall–Kier alpha value is -5.70. The molecule has 18 nitrogen and oxygen atoms in total. The van der Waals surface area contributed by atoms with Crippen molar-refractivity contribution in [1.29, 1.82) is 0 Å². The fourth-order valence-corrected chi connectivity index (χ4v) is 11.4. The monoisotopic (exact) mass is 920 g/mol. The van der Waals surface area contributed by atoms with Crippen molar-refractivity contribution < 1.29 is 50.4 Å². The predicted octanol–water partition coefficient (Wildman–Crippen LogP) is 4.12. The number of nitro groups is 1.